The summed E-state index contributed by atoms with van der Waals surface area (Å²) >= 11 is 0. The molecule has 0 radical (unpaired) electrons. The highest BCUT2D eigenvalue weighted by molar-refractivity contribution is 5.96. The molecule has 0 aliphatic rings. The van der Waals surface area contributed by atoms with Gasteiger partial charge in [0.2, 0.25) is 23.6 Å². The van der Waals surface area contributed by atoms with Crippen molar-refractivity contribution in [3.63, 3.8) is 0 Å². The van der Waals surface area contributed by atoms with Crippen molar-refractivity contribution >= 4 is 47.5 Å². The number of nitrogens with zero attached hydrogens (tertiary/aromatic N) is 2. The lowest BCUT2D eigenvalue weighted by atomic mass is 10.1. The highest BCUT2D eigenvalue weighted by Gasteiger charge is 2.31. The van der Waals surface area contributed by atoms with E-state index >= 15 is 0 Å². The molecule has 17 N–H and O–H groups in total. The Morgan fingerprint density at radius 2 is 1.10 bits per heavy atom. The van der Waals surface area contributed by atoms with Crippen LogP contribution in [-0.4, -0.2) is 95.0 Å². The predicted molar refractivity (Wildman–Crippen MR) is 137 cm³/mol. The molecule has 0 saturated carbocycles. The maximum atomic E-state index is 13.0. The molecule has 220 valence electrons. The minimum atomic E-state index is -1.85. The number of rotatable bonds is 19. The number of amides is 4. The summed E-state index contributed by atoms with van der Waals surface area (Å²) in [6, 6.07) is -5.87. The molecule has 0 aromatic rings. The van der Waals surface area contributed by atoms with Crippen molar-refractivity contribution in [2.45, 2.75) is 62.7 Å². The topological polar surface area (TPSA) is 360 Å². The van der Waals surface area contributed by atoms with Crippen LogP contribution >= 0.6 is 0 Å². The highest BCUT2D eigenvalue weighted by atomic mass is 16.4. The summed E-state index contributed by atoms with van der Waals surface area (Å²) in [5.74, 6) is -7.37. The number of nitrogens with one attached hydrogen (secondary N) is 3. The number of aliphatic imine (C=N–C) groups is 2. The van der Waals surface area contributed by atoms with Crippen LogP contribution in [0.15, 0.2) is 9.98 Å². The van der Waals surface area contributed by atoms with E-state index < -0.39 is 72.6 Å². The van der Waals surface area contributed by atoms with Gasteiger partial charge in [0.05, 0.1) is 18.9 Å². The van der Waals surface area contributed by atoms with Crippen LogP contribution in [-0.2, 0) is 28.8 Å². The number of carbonyl (C=O) groups is 6. The number of guanidine groups is 2. The first-order valence-corrected chi connectivity index (χ1v) is 11.6. The normalized spacial score (nSPS) is 13.5. The van der Waals surface area contributed by atoms with Crippen molar-refractivity contribution in [1.82, 2.24) is 16.0 Å². The van der Waals surface area contributed by atoms with Crippen LogP contribution in [0.1, 0.15) is 38.5 Å². The average molecular weight is 560 g/mol. The quantitative estimate of drug-likeness (QED) is 0.0399. The van der Waals surface area contributed by atoms with Crippen molar-refractivity contribution in [1.29, 1.82) is 0 Å². The zero-order valence-electron chi connectivity index (χ0n) is 21.2. The molecule has 39 heavy (non-hydrogen) atoms. The highest BCUT2D eigenvalue weighted by Crippen LogP contribution is 2.04. The molecule has 19 heteroatoms. The summed E-state index contributed by atoms with van der Waals surface area (Å²) in [5, 5.41) is 24.6. The van der Waals surface area contributed by atoms with Gasteiger partial charge in [-0.1, -0.05) is 0 Å². The second kappa shape index (κ2) is 17.7. The molecule has 0 aliphatic heterocycles. The Kier molecular flexibility index (Phi) is 15.6. The van der Waals surface area contributed by atoms with Gasteiger partial charge in [0.1, 0.15) is 18.1 Å². The number of hydrogen-bond donors (Lipinski definition) is 11. The molecule has 0 heterocycles. The maximum absolute atomic E-state index is 13.0. The summed E-state index contributed by atoms with van der Waals surface area (Å²) in [5.41, 5.74) is 32.0. The lowest BCUT2D eigenvalue weighted by molar-refractivity contribution is -0.147. The van der Waals surface area contributed by atoms with E-state index in [4.69, 9.17) is 44.6 Å². The van der Waals surface area contributed by atoms with E-state index in [1.165, 1.54) is 0 Å². The number of primary amides is 1. The van der Waals surface area contributed by atoms with E-state index in [0.29, 0.717) is 6.42 Å². The maximum Gasteiger partial charge on any atom is 0.326 e. The van der Waals surface area contributed by atoms with E-state index in [0.717, 1.165) is 0 Å². The average Bonchev–Trinajstić information content (AvgIpc) is 2.81. The number of carbonyl (C=O) groups excluding carboxylic acids is 4. The first-order chi connectivity index (χ1) is 18.1. The van der Waals surface area contributed by atoms with Crippen molar-refractivity contribution < 1.29 is 39.0 Å². The van der Waals surface area contributed by atoms with Gasteiger partial charge in [0, 0.05) is 13.1 Å². The number of aliphatic carboxylic acids is 2. The number of carboxylic acid groups (broad SMARTS) is 2. The standard InChI is InChI=1S/C20H37N11O8/c21-9(3-1-5-27-19(23)24)15(35)29-10(4-2-6-28-20(25)26)16(36)30-11(7-13(22)32)17(37)31-12(18(38)39)8-14(33)34/h9-12H,1-8,21H2,(H2,22,32)(H,29,35)(H,30,36)(H,31,37)(H,33,34)(H,38,39)(H4,23,24,27)(H4,25,26,28). The van der Waals surface area contributed by atoms with Gasteiger partial charge >= 0.3 is 11.9 Å². The first kappa shape index (κ1) is 34.3. The predicted octanol–water partition coefficient (Wildman–Crippen LogP) is -5.69. The van der Waals surface area contributed by atoms with Crippen molar-refractivity contribution in [3.05, 3.63) is 0 Å². The third-order valence-electron chi connectivity index (χ3n) is 4.91. The first-order valence-electron chi connectivity index (χ1n) is 11.6. The Hall–Kier alpha value is -4.68. The zero-order valence-corrected chi connectivity index (χ0v) is 21.2. The van der Waals surface area contributed by atoms with E-state index in [2.05, 4.69) is 20.6 Å². The van der Waals surface area contributed by atoms with Crippen LogP contribution in [0.3, 0.4) is 0 Å². The summed E-state index contributed by atoms with van der Waals surface area (Å²) in [7, 11) is 0. The fraction of sp³-hybridized carbons (Fsp3) is 0.600. The summed E-state index contributed by atoms with van der Waals surface area (Å²) in [4.78, 5) is 79.5. The third-order valence-corrected chi connectivity index (χ3v) is 4.91. The van der Waals surface area contributed by atoms with Gasteiger partial charge in [0.25, 0.3) is 0 Å². The molecule has 4 atom stereocenters. The minimum absolute atomic E-state index is 0.0310. The lowest BCUT2D eigenvalue weighted by Gasteiger charge is -2.24. The Labute approximate surface area is 223 Å². The van der Waals surface area contributed by atoms with E-state index in [1.807, 2.05) is 5.32 Å². The van der Waals surface area contributed by atoms with Crippen LogP contribution in [0.5, 0.6) is 0 Å². The zero-order chi connectivity index (χ0) is 30.1. The second-order valence-corrected chi connectivity index (χ2v) is 8.29. The molecule has 0 fully saturated rings. The van der Waals surface area contributed by atoms with Gasteiger partial charge in [-0.3, -0.25) is 34.0 Å². The molecule has 4 amide bonds. The molecular formula is C20H37N11O8. The minimum Gasteiger partial charge on any atom is -0.481 e. The van der Waals surface area contributed by atoms with Crippen molar-refractivity contribution in [2.75, 3.05) is 13.1 Å². The SMILES string of the molecule is NC(=O)CC(NC(=O)C(CCCN=C(N)N)NC(=O)C(N)CCCN=C(N)N)C(=O)NC(CC(=O)O)C(=O)O. The Morgan fingerprint density at radius 1 is 0.641 bits per heavy atom. The third kappa shape index (κ3) is 15.9. The van der Waals surface area contributed by atoms with Gasteiger partial charge in [-0.2, -0.15) is 0 Å². The monoisotopic (exact) mass is 559 g/mol. The van der Waals surface area contributed by atoms with Crippen LogP contribution < -0.4 is 50.4 Å². The van der Waals surface area contributed by atoms with Gasteiger partial charge in [-0.25, -0.2) is 4.79 Å². The summed E-state index contributed by atoms with van der Waals surface area (Å²) in [6.07, 6.45) is -1.04. The number of hydrogen-bond acceptors (Lipinski definition) is 9. The van der Waals surface area contributed by atoms with Gasteiger partial charge in [-0.05, 0) is 25.7 Å². The molecule has 0 aliphatic carbocycles. The molecule has 0 aromatic heterocycles. The van der Waals surface area contributed by atoms with E-state index in [1.54, 1.807) is 0 Å². The van der Waals surface area contributed by atoms with Crippen molar-refractivity contribution in [2.24, 2.45) is 44.4 Å². The molecule has 0 bridgehead atoms. The Balaban J connectivity index is 5.61. The van der Waals surface area contributed by atoms with E-state index in [-0.39, 0.29) is 44.3 Å². The molecule has 0 saturated heterocycles. The molecule has 19 nitrogen and oxygen atoms in total. The molecule has 4 unspecified atom stereocenters. The van der Waals surface area contributed by atoms with Crippen LogP contribution in [0.2, 0.25) is 0 Å². The smallest absolute Gasteiger partial charge is 0.326 e. The Bertz CT molecular complexity index is 948. The van der Waals surface area contributed by atoms with Gasteiger partial charge < -0.3 is 60.6 Å². The van der Waals surface area contributed by atoms with Gasteiger partial charge in [-0.15, -0.1) is 0 Å². The fourth-order valence-corrected chi connectivity index (χ4v) is 3.03. The number of nitrogens with two attached hydrogens (primary N) is 6. The fourth-order valence-electron chi connectivity index (χ4n) is 3.03. The van der Waals surface area contributed by atoms with Crippen LogP contribution in [0.25, 0.3) is 0 Å². The molecular weight excluding hydrogens is 522 g/mol. The molecule has 0 aromatic carbocycles. The van der Waals surface area contributed by atoms with Crippen LogP contribution in [0, 0.1) is 0 Å². The largest absolute Gasteiger partial charge is 0.481 e. The van der Waals surface area contributed by atoms with E-state index in [9.17, 15) is 28.8 Å². The number of carboxylic acids is 2. The van der Waals surface area contributed by atoms with Crippen molar-refractivity contribution in [3.8, 4) is 0 Å². The molecule has 0 rings (SSSR count). The summed E-state index contributed by atoms with van der Waals surface area (Å²) < 4.78 is 0. The lowest BCUT2D eigenvalue weighted by Crippen LogP contribution is -2.57. The second-order valence-electron chi connectivity index (χ2n) is 8.29. The Morgan fingerprint density at radius 3 is 1.56 bits per heavy atom. The van der Waals surface area contributed by atoms with Gasteiger partial charge in [0.15, 0.2) is 11.9 Å². The summed E-state index contributed by atoms with van der Waals surface area (Å²) in [6.45, 7) is 0.308. The molecule has 0 spiro atoms. The van der Waals surface area contributed by atoms with Crippen LogP contribution in [0.4, 0.5) is 0 Å².